The van der Waals surface area contributed by atoms with Crippen LogP contribution >= 0.6 is 0 Å². The van der Waals surface area contributed by atoms with Crippen LogP contribution in [0.25, 0.3) is 11.0 Å². The molecule has 0 radical (unpaired) electrons. The van der Waals surface area contributed by atoms with Gasteiger partial charge in [0.25, 0.3) is 0 Å². The number of benzene rings is 1. The van der Waals surface area contributed by atoms with Crippen LogP contribution in [0.4, 0.5) is 5.69 Å². The molecule has 2 aromatic rings. The van der Waals surface area contributed by atoms with Crippen molar-refractivity contribution in [3.05, 3.63) is 12.1 Å². The molecule has 0 saturated heterocycles. The molecule has 5 heteroatoms. The number of nitrogens with two attached hydrogens (primary N) is 1. The van der Waals surface area contributed by atoms with E-state index in [4.69, 9.17) is 15.1 Å². The molecular weight excluding hydrogens is 218 g/mol. The van der Waals surface area contributed by atoms with Gasteiger partial charge < -0.3 is 10.5 Å². The maximum atomic E-state index is 5.96. The van der Waals surface area contributed by atoms with Gasteiger partial charge in [-0.25, -0.2) is 4.63 Å². The molecule has 1 aromatic carbocycles. The fourth-order valence-electron chi connectivity index (χ4n) is 2.32. The topological polar surface area (TPSA) is 74.2 Å². The molecule has 1 aliphatic rings. The van der Waals surface area contributed by atoms with Crippen molar-refractivity contribution in [3.63, 3.8) is 0 Å². The second-order valence-corrected chi connectivity index (χ2v) is 4.49. The van der Waals surface area contributed by atoms with Gasteiger partial charge >= 0.3 is 0 Å². The average Bonchev–Trinajstić information content (AvgIpc) is 2.84. The van der Waals surface area contributed by atoms with E-state index in [-0.39, 0.29) is 6.10 Å². The summed E-state index contributed by atoms with van der Waals surface area (Å²) in [5.74, 6) is 0.724. The summed E-state index contributed by atoms with van der Waals surface area (Å²) in [4.78, 5) is 0. The van der Waals surface area contributed by atoms with Crippen LogP contribution in [0.1, 0.15) is 32.1 Å². The first kappa shape index (κ1) is 10.4. The third kappa shape index (κ3) is 1.92. The number of fused-ring (bicyclic) bond motifs is 1. The van der Waals surface area contributed by atoms with Crippen LogP contribution in [0, 0.1) is 0 Å². The molecule has 0 unspecified atom stereocenters. The predicted molar refractivity (Wildman–Crippen MR) is 63.7 cm³/mol. The summed E-state index contributed by atoms with van der Waals surface area (Å²) >= 11 is 0. The smallest absolute Gasteiger partial charge is 0.179 e. The van der Waals surface area contributed by atoms with Gasteiger partial charge in [0, 0.05) is 0 Å². The number of aromatic nitrogens is 2. The Morgan fingerprint density at radius 2 is 1.88 bits per heavy atom. The lowest BCUT2D eigenvalue weighted by Gasteiger charge is -2.22. The van der Waals surface area contributed by atoms with Crippen LogP contribution in [-0.2, 0) is 0 Å². The number of nitrogen functional groups attached to an aromatic ring is 1. The van der Waals surface area contributed by atoms with Crippen molar-refractivity contribution in [2.24, 2.45) is 0 Å². The van der Waals surface area contributed by atoms with E-state index in [1.165, 1.54) is 19.3 Å². The van der Waals surface area contributed by atoms with Gasteiger partial charge in [-0.1, -0.05) is 6.42 Å². The Kier molecular flexibility index (Phi) is 2.59. The van der Waals surface area contributed by atoms with Gasteiger partial charge in [-0.15, -0.1) is 0 Å². The van der Waals surface area contributed by atoms with E-state index in [2.05, 4.69) is 10.3 Å². The molecule has 0 aliphatic heterocycles. The lowest BCUT2D eigenvalue weighted by Crippen LogP contribution is -2.19. The summed E-state index contributed by atoms with van der Waals surface area (Å²) in [5.41, 5.74) is 7.55. The van der Waals surface area contributed by atoms with Crippen molar-refractivity contribution < 1.29 is 9.37 Å². The molecule has 2 N–H and O–H groups in total. The van der Waals surface area contributed by atoms with Gasteiger partial charge in [-0.3, -0.25) is 0 Å². The maximum Gasteiger partial charge on any atom is 0.179 e. The fourth-order valence-corrected chi connectivity index (χ4v) is 2.32. The van der Waals surface area contributed by atoms with Gasteiger partial charge in [-0.2, -0.15) is 0 Å². The summed E-state index contributed by atoms with van der Waals surface area (Å²) < 4.78 is 10.7. The Morgan fingerprint density at radius 1 is 1.12 bits per heavy atom. The summed E-state index contributed by atoms with van der Waals surface area (Å²) in [6.45, 7) is 0. The van der Waals surface area contributed by atoms with Crippen molar-refractivity contribution in [3.8, 4) is 5.75 Å². The average molecular weight is 233 g/mol. The molecule has 1 fully saturated rings. The highest BCUT2D eigenvalue weighted by atomic mass is 16.6. The lowest BCUT2D eigenvalue weighted by molar-refractivity contribution is 0.156. The molecule has 17 heavy (non-hydrogen) atoms. The molecule has 1 saturated carbocycles. The van der Waals surface area contributed by atoms with E-state index in [1.807, 2.05) is 6.07 Å². The lowest BCUT2D eigenvalue weighted by atomic mass is 9.98. The quantitative estimate of drug-likeness (QED) is 0.807. The minimum atomic E-state index is 0.285. The molecule has 5 nitrogen and oxygen atoms in total. The monoisotopic (exact) mass is 233 g/mol. The number of anilines is 1. The van der Waals surface area contributed by atoms with E-state index in [0.29, 0.717) is 16.7 Å². The number of hydrogen-bond donors (Lipinski definition) is 1. The first-order chi connectivity index (χ1) is 8.34. The first-order valence-corrected chi connectivity index (χ1v) is 6.02. The summed E-state index contributed by atoms with van der Waals surface area (Å²) in [6.07, 6.45) is 6.28. The molecular formula is C12H15N3O2. The van der Waals surface area contributed by atoms with Gasteiger partial charge in [0.1, 0.15) is 0 Å². The number of hydrogen-bond acceptors (Lipinski definition) is 5. The normalized spacial score (nSPS) is 17.4. The van der Waals surface area contributed by atoms with Crippen LogP contribution in [0.2, 0.25) is 0 Å². The Morgan fingerprint density at radius 3 is 2.71 bits per heavy atom. The van der Waals surface area contributed by atoms with Crippen LogP contribution in [-0.4, -0.2) is 16.4 Å². The van der Waals surface area contributed by atoms with Gasteiger partial charge in [0.15, 0.2) is 16.8 Å². The zero-order chi connectivity index (χ0) is 11.7. The van der Waals surface area contributed by atoms with E-state index in [1.54, 1.807) is 6.07 Å². The van der Waals surface area contributed by atoms with Crippen molar-refractivity contribution in [2.45, 2.75) is 38.2 Å². The number of nitrogens with zero attached hydrogens (tertiary/aromatic N) is 2. The van der Waals surface area contributed by atoms with E-state index in [0.717, 1.165) is 18.6 Å². The summed E-state index contributed by atoms with van der Waals surface area (Å²) in [6, 6.07) is 3.63. The third-order valence-corrected chi connectivity index (χ3v) is 3.26. The number of ether oxygens (including phenoxy) is 1. The summed E-state index contributed by atoms with van der Waals surface area (Å²) in [7, 11) is 0. The Balaban J connectivity index is 1.89. The molecule has 3 rings (SSSR count). The first-order valence-electron chi connectivity index (χ1n) is 6.02. The van der Waals surface area contributed by atoms with Crippen LogP contribution < -0.4 is 10.5 Å². The highest BCUT2D eigenvalue weighted by Gasteiger charge is 2.18. The molecule has 1 heterocycles. The van der Waals surface area contributed by atoms with E-state index in [9.17, 15) is 0 Å². The molecule has 0 amide bonds. The highest BCUT2D eigenvalue weighted by molar-refractivity contribution is 5.90. The Labute approximate surface area is 98.9 Å². The molecule has 0 bridgehead atoms. The van der Waals surface area contributed by atoms with Gasteiger partial charge in [0.2, 0.25) is 0 Å². The number of rotatable bonds is 2. The van der Waals surface area contributed by atoms with Crippen molar-refractivity contribution >= 4 is 16.7 Å². The van der Waals surface area contributed by atoms with Crippen molar-refractivity contribution in [1.82, 2.24) is 10.3 Å². The third-order valence-electron chi connectivity index (χ3n) is 3.26. The zero-order valence-electron chi connectivity index (χ0n) is 9.56. The maximum absolute atomic E-state index is 5.96. The molecule has 90 valence electrons. The van der Waals surface area contributed by atoms with Gasteiger partial charge in [-0.05, 0) is 48.1 Å². The van der Waals surface area contributed by atoms with Crippen molar-refractivity contribution in [2.75, 3.05) is 5.73 Å². The minimum Gasteiger partial charge on any atom is -0.488 e. The van der Waals surface area contributed by atoms with Crippen molar-refractivity contribution in [1.29, 1.82) is 0 Å². The Bertz CT molecular complexity index is 517. The molecule has 1 aliphatic carbocycles. The Hall–Kier alpha value is -1.78. The predicted octanol–water partition coefficient (Wildman–Crippen LogP) is 2.52. The minimum absolute atomic E-state index is 0.285. The standard InChI is InChI=1S/C12H15N3O2/c13-9-6-7-10(12-11(9)14-17-15-12)16-8-4-2-1-3-5-8/h6-8H,1-5,13H2. The van der Waals surface area contributed by atoms with E-state index >= 15 is 0 Å². The molecule has 1 aromatic heterocycles. The second-order valence-electron chi connectivity index (χ2n) is 4.49. The molecule has 0 spiro atoms. The fraction of sp³-hybridized carbons (Fsp3) is 0.500. The van der Waals surface area contributed by atoms with Crippen LogP contribution in [0.3, 0.4) is 0 Å². The SMILES string of the molecule is Nc1ccc(OC2CCCCC2)c2nonc12. The van der Waals surface area contributed by atoms with Crippen LogP contribution in [0.5, 0.6) is 5.75 Å². The highest BCUT2D eigenvalue weighted by Crippen LogP contribution is 2.30. The van der Waals surface area contributed by atoms with E-state index < -0.39 is 0 Å². The zero-order valence-corrected chi connectivity index (χ0v) is 9.56. The largest absolute Gasteiger partial charge is 0.488 e. The van der Waals surface area contributed by atoms with Crippen LogP contribution in [0.15, 0.2) is 16.8 Å². The summed E-state index contributed by atoms with van der Waals surface area (Å²) in [5, 5.41) is 7.63. The van der Waals surface area contributed by atoms with Gasteiger partial charge in [0.05, 0.1) is 11.8 Å². The molecule has 0 atom stereocenters. The second kappa shape index (κ2) is 4.24.